The molecule has 1 spiro atoms. The lowest BCUT2D eigenvalue weighted by Gasteiger charge is -2.26. The molecule has 3 aromatic carbocycles. The number of alkyl halides is 6. The summed E-state index contributed by atoms with van der Waals surface area (Å²) < 4.78 is 93.5. The average Bonchev–Trinajstić information content (AvgIpc) is 3.80. The summed E-state index contributed by atoms with van der Waals surface area (Å²) in [6, 6.07) is 11.3. The molecular formula is C35H30F6N4O5. The summed E-state index contributed by atoms with van der Waals surface area (Å²) in [5.41, 5.74) is -1.05. The monoisotopic (exact) mass is 700 g/mol. The summed E-state index contributed by atoms with van der Waals surface area (Å²) >= 11 is 0. The smallest absolute Gasteiger partial charge is 0.416 e. The Balaban J connectivity index is 1.43. The van der Waals surface area contributed by atoms with E-state index in [1.165, 1.54) is 18.1 Å². The number of hydrogen-bond acceptors (Lipinski definition) is 7. The van der Waals surface area contributed by atoms with Gasteiger partial charge in [-0.05, 0) is 84.5 Å². The number of cyclic esters (lactones) is 1. The summed E-state index contributed by atoms with van der Waals surface area (Å²) in [7, 11) is 4.88. The first kappa shape index (κ1) is 34.5. The number of halogens is 6. The van der Waals surface area contributed by atoms with Gasteiger partial charge in [0.05, 0.1) is 41.6 Å². The number of ether oxygens (including phenoxy) is 2. The zero-order chi connectivity index (χ0) is 36.3. The number of carboxylic acid groups (broad SMARTS) is 1. The van der Waals surface area contributed by atoms with Gasteiger partial charge in [0.15, 0.2) is 6.10 Å². The van der Waals surface area contributed by atoms with Crippen molar-refractivity contribution in [3.63, 3.8) is 0 Å². The van der Waals surface area contributed by atoms with E-state index in [1.807, 2.05) is 0 Å². The van der Waals surface area contributed by atoms with Gasteiger partial charge in [-0.2, -0.15) is 26.3 Å². The number of carboxylic acids is 1. The van der Waals surface area contributed by atoms with Crippen LogP contribution in [0.3, 0.4) is 0 Å². The number of carbonyl (C=O) groups excluding carboxylic acids is 1. The van der Waals surface area contributed by atoms with Gasteiger partial charge in [-0.3, -0.25) is 4.90 Å². The van der Waals surface area contributed by atoms with Crippen molar-refractivity contribution >= 4 is 18.0 Å². The van der Waals surface area contributed by atoms with E-state index in [9.17, 15) is 41.0 Å². The second-order valence-electron chi connectivity index (χ2n) is 12.5. The molecule has 4 aromatic rings. The molecule has 1 N–H and O–H groups in total. The molecule has 1 saturated heterocycles. The molecule has 1 amide bonds. The summed E-state index contributed by atoms with van der Waals surface area (Å²) in [6.45, 7) is 1.57. The van der Waals surface area contributed by atoms with E-state index in [-0.39, 0.29) is 37.0 Å². The first-order valence-corrected chi connectivity index (χ1v) is 15.3. The number of aromatic carboxylic acids is 1. The van der Waals surface area contributed by atoms with E-state index < -0.39 is 52.7 Å². The maximum absolute atomic E-state index is 13.7. The Morgan fingerprint density at radius 3 is 2.18 bits per heavy atom. The van der Waals surface area contributed by atoms with Crippen LogP contribution in [0, 0.1) is 6.92 Å². The molecule has 2 aliphatic rings. The molecular weight excluding hydrogens is 670 g/mol. The third-order valence-corrected chi connectivity index (χ3v) is 8.98. The number of aromatic nitrogens is 2. The fourth-order valence-corrected chi connectivity index (χ4v) is 6.31. The summed E-state index contributed by atoms with van der Waals surface area (Å²) in [6.07, 6.45) is -10.4. The van der Waals surface area contributed by atoms with Crippen LogP contribution >= 0.6 is 0 Å². The van der Waals surface area contributed by atoms with E-state index in [0.29, 0.717) is 45.8 Å². The van der Waals surface area contributed by atoms with Crippen molar-refractivity contribution in [2.45, 2.75) is 50.3 Å². The van der Waals surface area contributed by atoms with E-state index in [2.05, 4.69) is 4.98 Å². The molecule has 6 rings (SSSR count). The first-order valence-electron chi connectivity index (χ1n) is 15.3. The normalized spacial score (nSPS) is 16.8. The minimum atomic E-state index is -5.07. The molecule has 50 heavy (non-hydrogen) atoms. The molecule has 1 atom stereocenters. The van der Waals surface area contributed by atoms with Crippen LogP contribution in [0.2, 0.25) is 0 Å². The molecule has 0 bridgehead atoms. The Morgan fingerprint density at radius 2 is 1.64 bits per heavy atom. The molecule has 2 fully saturated rings. The van der Waals surface area contributed by atoms with Crippen molar-refractivity contribution < 1.29 is 50.5 Å². The van der Waals surface area contributed by atoms with Gasteiger partial charge in [-0.25, -0.2) is 19.6 Å². The Bertz CT molecular complexity index is 1980. The lowest BCUT2D eigenvalue weighted by molar-refractivity contribution is -0.143. The number of aryl methyl sites for hydroxylation is 1. The van der Waals surface area contributed by atoms with E-state index in [1.54, 1.807) is 62.4 Å². The Hall–Kier alpha value is -5.34. The molecule has 1 aliphatic carbocycles. The Kier molecular flexibility index (Phi) is 8.43. The largest absolute Gasteiger partial charge is 0.496 e. The third-order valence-electron chi connectivity index (χ3n) is 8.98. The van der Waals surface area contributed by atoms with Crippen molar-refractivity contribution in [2.75, 3.05) is 26.1 Å². The maximum atomic E-state index is 13.7. The molecule has 1 aromatic heterocycles. The number of rotatable bonds is 8. The molecule has 15 heteroatoms. The fourth-order valence-electron chi connectivity index (χ4n) is 6.31. The first-order chi connectivity index (χ1) is 23.4. The van der Waals surface area contributed by atoms with E-state index in [0.717, 1.165) is 5.56 Å². The maximum Gasteiger partial charge on any atom is 0.416 e. The topological polar surface area (TPSA) is 105 Å². The number of benzene rings is 3. The lowest BCUT2D eigenvalue weighted by atomic mass is 9.93. The van der Waals surface area contributed by atoms with E-state index >= 15 is 0 Å². The number of anilines is 1. The molecule has 1 saturated carbocycles. The van der Waals surface area contributed by atoms with Crippen LogP contribution < -0.4 is 9.64 Å². The second-order valence-corrected chi connectivity index (χ2v) is 12.5. The Labute approximate surface area is 282 Å². The summed E-state index contributed by atoms with van der Waals surface area (Å²) in [4.78, 5) is 37.1. The predicted octanol–water partition coefficient (Wildman–Crippen LogP) is 8.16. The summed E-state index contributed by atoms with van der Waals surface area (Å²) in [5.74, 6) is -0.369. The van der Waals surface area contributed by atoms with Gasteiger partial charge in [0.2, 0.25) is 5.95 Å². The van der Waals surface area contributed by atoms with Gasteiger partial charge >= 0.3 is 24.4 Å². The number of amides is 1. The SMILES string of the molecule is COc1ccc(-c2ccc(C(=O)O)cc2C)cc1-c1cnc(N(C)C)nc1CN1C(=O)OC(c2cc(C(F)(F)F)cc(C(F)(F)F)c2)C12CC2. The molecule has 1 unspecified atom stereocenters. The van der Waals surface area contributed by atoms with Crippen LogP contribution in [-0.4, -0.2) is 58.8 Å². The fraction of sp³-hybridized carbons (Fsp3) is 0.314. The average molecular weight is 701 g/mol. The number of methoxy groups -OCH3 is 1. The number of nitrogens with zero attached hydrogens (tertiary/aromatic N) is 4. The van der Waals surface area contributed by atoms with Crippen LogP contribution in [0.15, 0.2) is 60.8 Å². The standard InChI is InChI=1S/C35H30F6N4O5/c1-18-11-20(30(46)47)5-7-24(18)19-6-8-28(49-4)25(14-19)26-16-42-31(44(2)3)43-27(26)17-45-32(48)50-29(33(45)9-10-33)21-12-22(34(36,37)38)15-23(13-21)35(39,40)41/h5-8,11-16,29H,9-10,17H2,1-4H3,(H,46,47). The minimum absolute atomic E-state index is 0.0388. The van der Waals surface area contributed by atoms with E-state index in [4.69, 9.17) is 14.5 Å². The highest BCUT2D eigenvalue weighted by molar-refractivity contribution is 5.89. The second kappa shape index (κ2) is 12.2. The van der Waals surface area contributed by atoms with Crippen LogP contribution in [-0.2, 0) is 23.6 Å². The number of hydrogen-bond donors (Lipinski definition) is 1. The number of carbonyl (C=O) groups is 2. The Morgan fingerprint density at radius 1 is 0.980 bits per heavy atom. The highest BCUT2D eigenvalue weighted by Gasteiger charge is 2.63. The van der Waals surface area contributed by atoms with Crippen molar-refractivity contribution in [3.8, 4) is 28.0 Å². The van der Waals surface area contributed by atoms with Gasteiger partial charge in [0.1, 0.15) is 5.75 Å². The van der Waals surface area contributed by atoms with Crippen LogP contribution in [0.1, 0.15) is 57.3 Å². The van der Waals surface area contributed by atoms with Crippen molar-refractivity contribution in [3.05, 3.63) is 94.3 Å². The minimum Gasteiger partial charge on any atom is -0.496 e. The van der Waals surface area contributed by atoms with Gasteiger partial charge in [-0.1, -0.05) is 12.1 Å². The predicted molar refractivity (Wildman–Crippen MR) is 169 cm³/mol. The van der Waals surface area contributed by atoms with Gasteiger partial charge in [0.25, 0.3) is 0 Å². The van der Waals surface area contributed by atoms with Gasteiger partial charge in [-0.15, -0.1) is 0 Å². The molecule has 262 valence electrons. The van der Waals surface area contributed by atoms with Crippen molar-refractivity contribution in [1.82, 2.24) is 14.9 Å². The zero-order valence-corrected chi connectivity index (χ0v) is 27.1. The lowest BCUT2D eigenvalue weighted by Crippen LogP contribution is -2.36. The highest BCUT2D eigenvalue weighted by Crippen LogP contribution is 2.58. The van der Waals surface area contributed by atoms with Crippen LogP contribution in [0.4, 0.5) is 37.1 Å². The summed E-state index contributed by atoms with van der Waals surface area (Å²) in [5, 5.41) is 9.41. The highest BCUT2D eigenvalue weighted by atomic mass is 19.4. The third kappa shape index (κ3) is 6.27. The van der Waals surface area contributed by atoms with Gasteiger partial charge in [0, 0.05) is 31.4 Å². The van der Waals surface area contributed by atoms with Crippen molar-refractivity contribution in [2.24, 2.45) is 0 Å². The van der Waals surface area contributed by atoms with Crippen LogP contribution in [0.25, 0.3) is 22.3 Å². The molecule has 1 aliphatic heterocycles. The zero-order valence-electron chi connectivity index (χ0n) is 27.1. The van der Waals surface area contributed by atoms with Gasteiger partial charge < -0.3 is 19.5 Å². The molecule has 9 nitrogen and oxygen atoms in total. The molecule has 0 radical (unpaired) electrons. The molecule has 2 heterocycles. The van der Waals surface area contributed by atoms with Crippen molar-refractivity contribution in [1.29, 1.82) is 0 Å². The van der Waals surface area contributed by atoms with Crippen LogP contribution in [0.5, 0.6) is 5.75 Å². The quantitative estimate of drug-likeness (QED) is 0.184.